The van der Waals surface area contributed by atoms with Gasteiger partial charge in [-0.25, -0.2) is 9.69 Å². The molecule has 2 aromatic rings. The smallest absolute Gasteiger partial charge is 0.335 e. The zero-order valence-corrected chi connectivity index (χ0v) is 20.8. The molecule has 0 radical (unpaired) electrons. The predicted octanol–water partition coefficient (Wildman–Crippen LogP) is 4.76. The number of amides is 4. The minimum atomic E-state index is -0.773. The maximum atomic E-state index is 13.2. The van der Waals surface area contributed by atoms with Crippen LogP contribution < -0.4 is 19.7 Å². The second-order valence-electron chi connectivity index (χ2n) is 7.66. The van der Waals surface area contributed by atoms with E-state index in [0.29, 0.717) is 29.4 Å². The van der Waals surface area contributed by atoms with E-state index in [2.05, 4.69) is 27.9 Å². The van der Waals surface area contributed by atoms with Gasteiger partial charge >= 0.3 is 6.03 Å². The van der Waals surface area contributed by atoms with Crippen molar-refractivity contribution in [1.29, 1.82) is 0 Å². The van der Waals surface area contributed by atoms with Crippen molar-refractivity contribution in [3.05, 3.63) is 56.2 Å². The number of nitrogens with zero attached hydrogens (tertiary/aromatic N) is 1. The Morgan fingerprint density at radius 1 is 1.09 bits per heavy atom. The van der Waals surface area contributed by atoms with Crippen LogP contribution in [0.3, 0.4) is 0 Å². The molecule has 0 spiro atoms. The number of urea groups is 1. The van der Waals surface area contributed by atoms with Crippen molar-refractivity contribution in [2.75, 3.05) is 11.5 Å². The molecule has 168 valence electrons. The Morgan fingerprint density at radius 2 is 1.81 bits per heavy atom. The number of rotatable bonds is 6. The second kappa shape index (κ2) is 9.72. The molecule has 1 heterocycles. The van der Waals surface area contributed by atoms with Crippen LogP contribution in [0.25, 0.3) is 6.08 Å². The van der Waals surface area contributed by atoms with E-state index in [1.807, 2.05) is 40.7 Å². The molecule has 1 aliphatic heterocycles. The van der Waals surface area contributed by atoms with Gasteiger partial charge < -0.3 is 9.47 Å². The third-order valence-electron chi connectivity index (χ3n) is 4.85. The molecule has 0 aliphatic carbocycles. The Balaban J connectivity index is 2.04. The number of nitrogens with one attached hydrogen (secondary N) is 1. The maximum Gasteiger partial charge on any atom is 0.335 e. The Bertz CT molecular complexity index is 1120. The highest BCUT2D eigenvalue weighted by Crippen LogP contribution is 2.36. The lowest BCUT2D eigenvalue weighted by atomic mass is 10.0. The van der Waals surface area contributed by atoms with Gasteiger partial charge in [0.05, 0.1) is 22.0 Å². The van der Waals surface area contributed by atoms with Gasteiger partial charge in [0, 0.05) is 0 Å². The number of hydrogen-bond acceptors (Lipinski definition) is 5. The molecule has 0 bridgehead atoms. The number of carbonyl (C=O) groups excluding carboxylic acids is 3. The average Bonchev–Trinajstić information content (AvgIpc) is 2.70. The molecule has 3 rings (SSSR count). The van der Waals surface area contributed by atoms with Crippen LogP contribution in [-0.2, 0) is 9.59 Å². The van der Waals surface area contributed by atoms with Crippen molar-refractivity contribution >= 4 is 52.2 Å². The first-order valence-corrected chi connectivity index (χ1v) is 11.3. The molecule has 8 heteroatoms. The van der Waals surface area contributed by atoms with Crippen LogP contribution in [0.5, 0.6) is 11.5 Å². The lowest BCUT2D eigenvalue weighted by Gasteiger charge is -2.27. The zero-order valence-electron chi connectivity index (χ0n) is 18.6. The van der Waals surface area contributed by atoms with Crippen molar-refractivity contribution in [1.82, 2.24) is 5.32 Å². The van der Waals surface area contributed by atoms with Crippen molar-refractivity contribution in [2.24, 2.45) is 0 Å². The van der Waals surface area contributed by atoms with E-state index in [-0.39, 0.29) is 11.7 Å². The Morgan fingerprint density at radius 3 is 2.44 bits per heavy atom. The summed E-state index contributed by atoms with van der Waals surface area (Å²) in [6.07, 6.45) is 1.41. The van der Waals surface area contributed by atoms with Gasteiger partial charge in [-0.2, -0.15) is 0 Å². The highest BCUT2D eigenvalue weighted by molar-refractivity contribution is 14.1. The standard InChI is InChI=1S/C24H25IN2O5/c1-6-31-20-12-16(11-19(25)21(20)32-13(2)3)10-18-22(28)26-24(30)27(23(18)29)17-8-7-14(4)15(5)9-17/h7-13H,6H2,1-5H3,(H,26,28,30)/b18-10+. The Kier molecular flexibility index (Phi) is 7.22. The van der Waals surface area contributed by atoms with E-state index in [1.54, 1.807) is 24.3 Å². The number of carbonyl (C=O) groups is 3. The second-order valence-corrected chi connectivity index (χ2v) is 8.82. The van der Waals surface area contributed by atoms with Gasteiger partial charge in [-0.15, -0.1) is 0 Å². The molecule has 0 atom stereocenters. The van der Waals surface area contributed by atoms with E-state index in [1.165, 1.54) is 6.08 Å². The van der Waals surface area contributed by atoms with E-state index in [0.717, 1.165) is 19.6 Å². The third kappa shape index (κ3) is 4.95. The van der Waals surface area contributed by atoms with Gasteiger partial charge in [0.25, 0.3) is 11.8 Å². The molecule has 1 aliphatic rings. The van der Waals surface area contributed by atoms with Crippen LogP contribution in [0.4, 0.5) is 10.5 Å². The zero-order chi connectivity index (χ0) is 23.6. The van der Waals surface area contributed by atoms with Gasteiger partial charge in [0.15, 0.2) is 11.5 Å². The quantitative estimate of drug-likeness (QED) is 0.320. The lowest BCUT2D eigenvalue weighted by molar-refractivity contribution is -0.122. The van der Waals surface area contributed by atoms with Gasteiger partial charge in [-0.1, -0.05) is 6.07 Å². The highest BCUT2D eigenvalue weighted by Gasteiger charge is 2.37. The predicted molar refractivity (Wildman–Crippen MR) is 131 cm³/mol. The van der Waals surface area contributed by atoms with Gasteiger partial charge in [0.1, 0.15) is 5.57 Å². The lowest BCUT2D eigenvalue weighted by Crippen LogP contribution is -2.54. The fourth-order valence-electron chi connectivity index (χ4n) is 3.21. The topological polar surface area (TPSA) is 84.9 Å². The van der Waals surface area contributed by atoms with Crippen molar-refractivity contribution < 1.29 is 23.9 Å². The largest absolute Gasteiger partial charge is 0.490 e. The van der Waals surface area contributed by atoms with Gasteiger partial charge in [0.2, 0.25) is 0 Å². The minimum Gasteiger partial charge on any atom is -0.490 e. The number of benzene rings is 2. The number of hydrogen-bond donors (Lipinski definition) is 1. The highest BCUT2D eigenvalue weighted by atomic mass is 127. The molecular weight excluding hydrogens is 523 g/mol. The first-order chi connectivity index (χ1) is 15.1. The summed E-state index contributed by atoms with van der Waals surface area (Å²) in [6, 6.07) is 8.00. The van der Waals surface area contributed by atoms with Crippen LogP contribution in [0.15, 0.2) is 35.9 Å². The number of barbiturate groups is 1. The number of halogens is 1. The summed E-state index contributed by atoms with van der Waals surface area (Å²) < 4.78 is 12.4. The molecule has 32 heavy (non-hydrogen) atoms. The summed E-state index contributed by atoms with van der Waals surface area (Å²) >= 11 is 2.13. The SMILES string of the molecule is CCOc1cc(/C=C2\C(=O)NC(=O)N(c3ccc(C)c(C)c3)C2=O)cc(I)c1OC(C)C. The first-order valence-electron chi connectivity index (χ1n) is 10.2. The molecular formula is C24H25IN2O5. The molecule has 1 fully saturated rings. The molecule has 0 aromatic heterocycles. The van der Waals surface area contributed by atoms with Gasteiger partial charge in [-0.3, -0.25) is 14.9 Å². The van der Waals surface area contributed by atoms with Crippen LogP contribution in [-0.4, -0.2) is 30.6 Å². The van der Waals surface area contributed by atoms with Crippen molar-refractivity contribution in [2.45, 2.75) is 40.7 Å². The normalized spacial score (nSPS) is 15.4. The van der Waals surface area contributed by atoms with E-state index in [4.69, 9.17) is 9.47 Å². The first kappa shape index (κ1) is 23.8. The van der Waals surface area contributed by atoms with Crippen LogP contribution in [0.1, 0.15) is 37.5 Å². The summed E-state index contributed by atoms with van der Waals surface area (Å²) in [5, 5.41) is 2.26. The molecule has 7 nitrogen and oxygen atoms in total. The Hall–Kier alpha value is -2.88. The summed E-state index contributed by atoms with van der Waals surface area (Å²) in [4.78, 5) is 39.1. The molecule has 1 N–H and O–H groups in total. The van der Waals surface area contributed by atoms with E-state index < -0.39 is 17.8 Å². The third-order valence-corrected chi connectivity index (χ3v) is 5.65. The minimum absolute atomic E-state index is 0.0461. The van der Waals surface area contributed by atoms with Crippen LogP contribution >= 0.6 is 22.6 Å². The van der Waals surface area contributed by atoms with Crippen molar-refractivity contribution in [3.63, 3.8) is 0 Å². The summed E-state index contributed by atoms with van der Waals surface area (Å²) in [7, 11) is 0. The van der Waals surface area contributed by atoms with E-state index >= 15 is 0 Å². The molecule has 0 unspecified atom stereocenters. The number of anilines is 1. The van der Waals surface area contributed by atoms with Gasteiger partial charge in [-0.05, 0) is 104 Å². The monoisotopic (exact) mass is 548 g/mol. The van der Waals surface area contributed by atoms with Crippen LogP contribution in [0.2, 0.25) is 0 Å². The summed E-state index contributed by atoms with van der Waals surface area (Å²) in [5.41, 5.74) is 2.81. The summed E-state index contributed by atoms with van der Waals surface area (Å²) in [5.74, 6) is -0.297. The molecule has 1 saturated heterocycles. The van der Waals surface area contributed by atoms with Crippen molar-refractivity contribution in [3.8, 4) is 11.5 Å². The fraction of sp³-hybridized carbons (Fsp3) is 0.292. The summed E-state index contributed by atoms with van der Waals surface area (Å²) in [6.45, 7) is 9.97. The maximum absolute atomic E-state index is 13.2. The number of ether oxygens (including phenoxy) is 2. The average molecular weight is 548 g/mol. The Labute approximate surface area is 200 Å². The van der Waals surface area contributed by atoms with Crippen LogP contribution in [0, 0.1) is 17.4 Å². The number of aryl methyl sites for hydroxylation is 2. The molecule has 4 amide bonds. The molecule has 0 saturated carbocycles. The fourth-order valence-corrected chi connectivity index (χ4v) is 3.96. The molecule has 2 aromatic carbocycles. The van der Waals surface area contributed by atoms with E-state index in [9.17, 15) is 14.4 Å². The number of imide groups is 2.